The Bertz CT molecular complexity index is 328. The van der Waals surface area contributed by atoms with Crippen LogP contribution in [-0.4, -0.2) is 18.6 Å². The lowest BCUT2D eigenvalue weighted by Gasteiger charge is -2.11. The van der Waals surface area contributed by atoms with Gasteiger partial charge >= 0.3 is 0 Å². The quantitative estimate of drug-likeness (QED) is 0.833. The smallest absolute Gasteiger partial charge is 0.0438 e. The number of rotatable bonds is 6. The van der Waals surface area contributed by atoms with Crippen molar-refractivity contribution >= 4 is 23.4 Å². The number of benzene rings is 1. The SMILES string of the molecule is CSCC(C)CNCc1ccc(C)c(Cl)c1. The Morgan fingerprint density at radius 3 is 2.81 bits per heavy atom. The topological polar surface area (TPSA) is 12.0 Å². The van der Waals surface area contributed by atoms with Gasteiger partial charge in [-0.05, 0) is 48.6 Å². The number of thioether (sulfide) groups is 1. The Kier molecular flexibility index (Phi) is 6.25. The first kappa shape index (κ1) is 13.9. The van der Waals surface area contributed by atoms with Crippen LogP contribution in [0.1, 0.15) is 18.1 Å². The molecule has 0 radical (unpaired) electrons. The van der Waals surface area contributed by atoms with Crippen molar-refractivity contribution < 1.29 is 0 Å². The third-order valence-electron chi connectivity index (χ3n) is 2.51. The van der Waals surface area contributed by atoms with E-state index in [1.807, 2.05) is 24.8 Å². The van der Waals surface area contributed by atoms with Crippen LogP contribution in [0, 0.1) is 12.8 Å². The summed E-state index contributed by atoms with van der Waals surface area (Å²) in [5, 5.41) is 4.32. The predicted octanol–water partition coefficient (Wildman–Crippen LogP) is 3.74. The van der Waals surface area contributed by atoms with E-state index in [1.54, 1.807) is 0 Å². The monoisotopic (exact) mass is 257 g/mol. The van der Waals surface area contributed by atoms with Crippen LogP contribution in [0.4, 0.5) is 0 Å². The van der Waals surface area contributed by atoms with E-state index in [1.165, 1.54) is 11.3 Å². The lowest BCUT2D eigenvalue weighted by molar-refractivity contribution is 0.559. The van der Waals surface area contributed by atoms with Gasteiger partial charge in [-0.25, -0.2) is 0 Å². The van der Waals surface area contributed by atoms with Crippen molar-refractivity contribution in [2.45, 2.75) is 20.4 Å². The molecule has 1 aromatic carbocycles. The van der Waals surface area contributed by atoms with Crippen molar-refractivity contribution in [2.24, 2.45) is 5.92 Å². The predicted molar refractivity (Wildman–Crippen MR) is 75.4 cm³/mol. The third-order valence-corrected chi connectivity index (χ3v) is 3.82. The molecule has 0 fully saturated rings. The molecule has 1 rings (SSSR count). The molecular weight excluding hydrogens is 238 g/mol. The van der Waals surface area contributed by atoms with Crippen molar-refractivity contribution in [3.05, 3.63) is 34.3 Å². The second-order valence-electron chi connectivity index (χ2n) is 4.27. The van der Waals surface area contributed by atoms with Crippen LogP contribution in [0.15, 0.2) is 18.2 Å². The molecule has 1 aromatic rings. The van der Waals surface area contributed by atoms with Gasteiger partial charge in [-0.15, -0.1) is 0 Å². The Hall–Kier alpha value is -0.180. The number of nitrogens with one attached hydrogen (secondary N) is 1. The minimum atomic E-state index is 0.718. The molecule has 0 aliphatic heterocycles. The van der Waals surface area contributed by atoms with Crippen LogP contribution >= 0.6 is 23.4 Å². The maximum atomic E-state index is 6.07. The van der Waals surface area contributed by atoms with E-state index >= 15 is 0 Å². The molecule has 0 aliphatic carbocycles. The molecule has 1 atom stereocenters. The Morgan fingerprint density at radius 1 is 1.44 bits per heavy atom. The summed E-state index contributed by atoms with van der Waals surface area (Å²) in [6.07, 6.45) is 2.15. The van der Waals surface area contributed by atoms with Gasteiger partial charge in [-0.3, -0.25) is 0 Å². The van der Waals surface area contributed by atoms with Crippen LogP contribution in [-0.2, 0) is 6.54 Å². The molecule has 0 spiro atoms. The summed E-state index contributed by atoms with van der Waals surface area (Å²) < 4.78 is 0. The highest BCUT2D eigenvalue weighted by Gasteiger charge is 2.01. The van der Waals surface area contributed by atoms with Gasteiger partial charge in [-0.2, -0.15) is 11.8 Å². The zero-order valence-electron chi connectivity index (χ0n) is 10.2. The highest BCUT2D eigenvalue weighted by molar-refractivity contribution is 7.98. The van der Waals surface area contributed by atoms with Gasteiger partial charge in [0.05, 0.1) is 0 Å². The second-order valence-corrected chi connectivity index (χ2v) is 5.59. The number of hydrogen-bond acceptors (Lipinski definition) is 2. The van der Waals surface area contributed by atoms with E-state index in [-0.39, 0.29) is 0 Å². The van der Waals surface area contributed by atoms with Gasteiger partial charge in [-0.1, -0.05) is 30.7 Å². The largest absolute Gasteiger partial charge is 0.312 e. The molecule has 1 unspecified atom stereocenters. The second kappa shape index (κ2) is 7.21. The summed E-state index contributed by atoms with van der Waals surface area (Å²) in [6, 6.07) is 6.25. The highest BCUT2D eigenvalue weighted by Crippen LogP contribution is 2.16. The molecule has 0 heterocycles. The fraction of sp³-hybridized carbons (Fsp3) is 0.538. The molecule has 0 saturated heterocycles. The first-order valence-electron chi connectivity index (χ1n) is 5.58. The van der Waals surface area contributed by atoms with Crippen LogP contribution in [0.5, 0.6) is 0 Å². The molecule has 0 bridgehead atoms. The lowest BCUT2D eigenvalue weighted by Crippen LogP contribution is -2.22. The van der Waals surface area contributed by atoms with Gasteiger partial charge in [0.15, 0.2) is 0 Å². The van der Waals surface area contributed by atoms with Crippen molar-refractivity contribution in [1.29, 1.82) is 0 Å². The lowest BCUT2D eigenvalue weighted by atomic mass is 10.1. The minimum absolute atomic E-state index is 0.718. The van der Waals surface area contributed by atoms with E-state index in [0.29, 0.717) is 0 Å². The van der Waals surface area contributed by atoms with Gasteiger partial charge in [0, 0.05) is 11.6 Å². The van der Waals surface area contributed by atoms with Crippen molar-refractivity contribution in [3.63, 3.8) is 0 Å². The maximum absolute atomic E-state index is 6.07. The van der Waals surface area contributed by atoms with Crippen LogP contribution in [0.2, 0.25) is 5.02 Å². The summed E-state index contributed by atoms with van der Waals surface area (Å²) in [7, 11) is 0. The Morgan fingerprint density at radius 2 is 2.19 bits per heavy atom. The van der Waals surface area contributed by atoms with Gasteiger partial charge < -0.3 is 5.32 Å². The average molecular weight is 258 g/mol. The van der Waals surface area contributed by atoms with Crippen molar-refractivity contribution in [1.82, 2.24) is 5.32 Å². The van der Waals surface area contributed by atoms with E-state index in [0.717, 1.165) is 29.6 Å². The van der Waals surface area contributed by atoms with E-state index in [2.05, 4.69) is 30.6 Å². The average Bonchev–Trinajstić information content (AvgIpc) is 2.24. The van der Waals surface area contributed by atoms with Crippen molar-refractivity contribution in [3.8, 4) is 0 Å². The Balaban J connectivity index is 2.34. The molecule has 1 N–H and O–H groups in total. The molecule has 16 heavy (non-hydrogen) atoms. The first-order chi connectivity index (χ1) is 7.63. The summed E-state index contributed by atoms with van der Waals surface area (Å²) in [6.45, 7) is 6.26. The fourth-order valence-corrected chi connectivity index (χ4v) is 2.44. The van der Waals surface area contributed by atoms with Crippen molar-refractivity contribution in [2.75, 3.05) is 18.6 Å². The molecule has 0 amide bonds. The summed E-state index contributed by atoms with van der Waals surface area (Å²) in [5.41, 5.74) is 2.40. The molecule has 0 aromatic heterocycles. The summed E-state index contributed by atoms with van der Waals surface area (Å²) in [5.74, 6) is 1.93. The standard InChI is InChI=1S/C13H20ClNS/c1-10(9-16-3)7-15-8-12-5-4-11(2)13(14)6-12/h4-6,10,15H,7-9H2,1-3H3. The summed E-state index contributed by atoms with van der Waals surface area (Å²) >= 11 is 7.97. The molecular formula is C13H20ClNS. The highest BCUT2D eigenvalue weighted by atomic mass is 35.5. The molecule has 90 valence electrons. The normalized spacial score (nSPS) is 12.8. The molecule has 3 heteroatoms. The number of hydrogen-bond donors (Lipinski definition) is 1. The number of halogens is 1. The first-order valence-corrected chi connectivity index (χ1v) is 7.35. The van der Waals surface area contributed by atoms with Gasteiger partial charge in [0.25, 0.3) is 0 Å². The molecule has 0 aliphatic rings. The summed E-state index contributed by atoms with van der Waals surface area (Å²) in [4.78, 5) is 0. The van der Waals surface area contributed by atoms with E-state index < -0.39 is 0 Å². The third kappa shape index (κ3) is 4.77. The maximum Gasteiger partial charge on any atom is 0.0438 e. The minimum Gasteiger partial charge on any atom is -0.312 e. The van der Waals surface area contributed by atoms with E-state index in [4.69, 9.17) is 11.6 Å². The van der Waals surface area contributed by atoms with Crippen LogP contribution in [0.25, 0.3) is 0 Å². The number of aryl methyl sites for hydroxylation is 1. The fourth-order valence-electron chi connectivity index (χ4n) is 1.55. The van der Waals surface area contributed by atoms with Crippen LogP contribution in [0.3, 0.4) is 0 Å². The zero-order valence-corrected chi connectivity index (χ0v) is 11.8. The van der Waals surface area contributed by atoms with Gasteiger partial charge in [0.1, 0.15) is 0 Å². The molecule has 0 saturated carbocycles. The zero-order chi connectivity index (χ0) is 12.0. The van der Waals surface area contributed by atoms with Crippen LogP contribution < -0.4 is 5.32 Å². The van der Waals surface area contributed by atoms with Gasteiger partial charge in [0.2, 0.25) is 0 Å². The van der Waals surface area contributed by atoms with E-state index in [9.17, 15) is 0 Å². The molecule has 1 nitrogen and oxygen atoms in total. The Labute approximate surface area is 108 Å².